The standard InChI is InChI=1S/C37H62N4O3S.C7H15NO.CH2O2/c1-10-13-14-15-20-41(34(42)21-27(6)11-2)32(26(4)5)23-33(44-12-3)36-40-31(25-45-36)35(43)39-30(24-37(7,8)9)22-28-16-18-29(38)19-17-28;1-6-2-3-8-7(4-6)5-9;2-1-3/h16-19,25-27,30,32-33H,10-15,20-24,38H2,1-9H3,(H,39,43);6-9H,2-5H2,1H3;1H,(H,2,3)/t27-,30?,32?,33?;6?,7-;/m01./s1. The van der Waals surface area contributed by atoms with E-state index in [2.05, 4.69) is 77.8 Å². The van der Waals surface area contributed by atoms with Gasteiger partial charge in [0.25, 0.3) is 12.4 Å². The number of nitrogens with zero attached hydrogens (tertiary/aromatic N) is 2. The molecule has 1 aromatic heterocycles. The number of amides is 2. The maximum Gasteiger partial charge on any atom is 0.290 e. The molecule has 1 saturated heterocycles. The molecular weight excluding hydrogens is 739 g/mol. The second kappa shape index (κ2) is 28.4. The highest BCUT2D eigenvalue weighted by atomic mass is 32.1. The lowest BCUT2D eigenvalue weighted by molar-refractivity contribution is -0.136. The van der Waals surface area contributed by atoms with Gasteiger partial charge in [0.15, 0.2) is 0 Å². The van der Waals surface area contributed by atoms with Crippen LogP contribution in [0.1, 0.15) is 161 Å². The number of nitrogen functional groups attached to an aromatic ring is 1. The van der Waals surface area contributed by atoms with Gasteiger partial charge in [-0.3, -0.25) is 14.4 Å². The van der Waals surface area contributed by atoms with E-state index in [-0.39, 0.29) is 47.8 Å². The molecule has 1 aliphatic rings. The van der Waals surface area contributed by atoms with E-state index in [1.807, 2.05) is 36.6 Å². The van der Waals surface area contributed by atoms with Crippen LogP contribution >= 0.6 is 11.3 Å². The number of thiazole rings is 1. The topological polar surface area (TPSA) is 167 Å². The van der Waals surface area contributed by atoms with Crippen LogP contribution in [-0.4, -0.2) is 82.8 Å². The molecule has 0 aliphatic carbocycles. The lowest BCUT2D eigenvalue weighted by atomic mass is 9.85. The summed E-state index contributed by atoms with van der Waals surface area (Å²) in [5.41, 5.74) is 8.22. The Balaban J connectivity index is 0.00000116. The predicted octanol–water partition coefficient (Wildman–Crippen LogP) is 8.91. The number of nitrogens with one attached hydrogen (secondary N) is 2. The molecule has 2 aromatic rings. The third-order valence-electron chi connectivity index (χ3n) is 10.4. The quantitative estimate of drug-likeness (QED) is 0.0470. The van der Waals surface area contributed by atoms with Gasteiger partial charge in [0.05, 0.1) is 6.61 Å². The van der Waals surface area contributed by atoms with Gasteiger partial charge in [-0.1, -0.05) is 100 Å². The van der Waals surface area contributed by atoms with E-state index < -0.39 is 0 Å². The third-order valence-corrected chi connectivity index (χ3v) is 11.4. The van der Waals surface area contributed by atoms with E-state index in [1.54, 1.807) is 0 Å². The first-order valence-corrected chi connectivity index (χ1v) is 22.3. The average Bonchev–Trinajstić information content (AvgIpc) is 3.65. The van der Waals surface area contributed by atoms with Crippen molar-refractivity contribution in [3.05, 3.63) is 45.9 Å². The van der Waals surface area contributed by atoms with Crippen molar-refractivity contribution in [1.82, 2.24) is 20.5 Å². The summed E-state index contributed by atoms with van der Waals surface area (Å²) in [6.07, 6.45) is 10.4. The molecule has 2 amide bonds. The van der Waals surface area contributed by atoms with Crippen LogP contribution in [0.2, 0.25) is 0 Å². The summed E-state index contributed by atoms with van der Waals surface area (Å²) in [7, 11) is 0. The number of anilines is 1. The molecular formula is C45H79N5O6S. The van der Waals surface area contributed by atoms with Gasteiger partial charge < -0.3 is 36.2 Å². The highest BCUT2D eigenvalue weighted by Crippen LogP contribution is 2.32. The smallest absolute Gasteiger partial charge is 0.290 e. The maximum atomic E-state index is 13.7. The van der Waals surface area contributed by atoms with Crippen LogP contribution in [0.15, 0.2) is 29.6 Å². The van der Waals surface area contributed by atoms with Crippen LogP contribution in [0.3, 0.4) is 0 Å². The molecule has 2 heterocycles. The number of aliphatic hydroxyl groups excluding tert-OH is 1. The summed E-state index contributed by atoms with van der Waals surface area (Å²) in [5.74, 6) is 1.48. The fourth-order valence-electron chi connectivity index (χ4n) is 7.17. The molecule has 11 nitrogen and oxygen atoms in total. The van der Waals surface area contributed by atoms with E-state index in [0.29, 0.717) is 43.7 Å². The van der Waals surface area contributed by atoms with E-state index in [0.717, 1.165) is 73.8 Å². The molecule has 57 heavy (non-hydrogen) atoms. The van der Waals surface area contributed by atoms with Gasteiger partial charge in [0.1, 0.15) is 16.8 Å². The maximum absolute atomic E-state index is 13.7. The molecule has 0 spiro atoms. The van der Waals surface area contributed by atoms with Crippen molar-refractivity contribution in [2.45, 2.75) is 164 Å². The van der Waals surface area contributed by atoms with Crippen LogP contribution in [0.25, 0.3) is 0 Å². The molecule has 12 heteroatoms. The van der Waals surface area contributed by atoms with Crippen molar-refractivity contribution in [3.63, 3.8) is 0 Å². The van der Waals surface area contributed by atoms with Crippen molar-refractivity contribution in [2.75, 3.05) is 32.0 Å². The van der Waals surface area contributed by atoms with E-state index in [4.69, 9.17) is 30.5 Å². The number of aromatic nitrogens is 1. The minimum atomic E-state index is -0.288. The Morgan fingerprint density at radius 3 is 2.32 bits per heavy atom. The Morgan fingerprint density at radius 2 is 1.79 bits per heavy atom. The second-order valence-corrected chi connectivity index (χ2v) is 18.3. The average molecular weight is 818 g/mol. The van der Waals surface area contributed by atoms with Crippen LogP contribution in [0.5, 0.6) is 0 Å². The second-order valence-electron chi connectivity index (χ2n) is 17.4. The number of ether oxygens (including phenoxy) is 1. The Hall–Kier alpha value is -3.06. The van der Waals surface area contributed by atoms with Gasteiger partial charge in [-0.05, 0) is 86.4 Å². The molecule has 1 aliphatic heterocycles. The van der Waals surface area contributed by atoms with Crippen LogP contribution in [0.4, 0.5) is 5.69 Å². The lowest BCUT2D eigenvalue weighted by Crippen LogP contribution is -2.45. The number of nitrogens with two attached hydrogens (primary N) is 1. The van der Waals surface area contributed by atoms with Crippen molar-refractivity contribution in [2.24, 2.45) is 23.2 Å². The van der Waals surface area contributed by atoms with Crippen LogP contribution in [-0.2, 0) is 20.7 Å². The first kappa shape index (κ1) is 52.0. The molecule has 326 valence electrons. The molecule has 1 fully saturated rings. The number of hydrogen-bond acceptors (Lipinski definition) is 9. The third kappa shape index (κ3) is 21.5. The highest BCUT2D eigenvalue weighted by Gasteiger charge is 2.32. The summed E-state index contributed by atoms with van der Waals surface area (Å²) in [4.78, 5) is 42.5. The number of carbonyl (C=O) groups is 3. The van der Waals surface area contributed by atoms with Crippen molar-refractivity contribution >= 4 is 35.3 Å². The van der Waals surface area contributed by atoms with Gasteiger partial charge in [-0.2, -0.15) is 0 Å². The van der Waals surface area contributed by atoms with Crippen molar-refractivity contribution < 1.29 is 29.3 Å². The number of hydrogen-bond donors (Lipinski definition) is 5. The summed E-state index contributed by atoms with van der Waals surface area (Å²) >= 11 is 1.47. The van der Waals surface area contributed by atoms with Gasteiger partial charge in [0.2, 0.25) is 5.91 Å². The number of carbonyl (C=O) groups excluding carboxylic acids is 2. The number of rotatable bonds is 21. The molecule has 0 radical (unpaired) electrons. The van der Waals surface area contributed by atoms with E-state index in [1.165, 1.54) is 30.6 Å². The summed E-state index contributed by atoms with van der Waals surface area (Å²) in [6, 6.07) is 8.21. The fraction of sp³-hybridized carbons (Fsp3) is 0.733. The van der Waals surface area contributed by atoms with Gasteiger partial charge in [-0.15, -0.1) is 11.3 Å². The number of aliphatic hydroxyl groups is 1. The zero-order chi connectivity index (χ0) is 43.0. The molecule has 4 unspecified atom stereocenters. The molecule has 0 bridgehead atoms. The van der Waals surface area contributed by atoms with Gasteiger partial charge in [0, 0.05) is 55.2 Å². The van der Waals surface area contributed by atoms with Crippen LogP contribution in [0, 0.1) is 23.2 Å². The Labute approximate surface area is 349 Å². The zero-order valence-electron chi connectivity index (χ0n) is 37.0. The van der Waals surface area contributed by atoms with Crippen molar-refractivity contribution in [1.29, 1.82) is 0 Å². The minimum Gasteiger partial charge on any atom is -0.483 e. The normalized spacial score (nSPS) is 17.5. The Kier molecular flexibility index (Phi) is 25.9. The molecule has 3 rings (SSSR count). The summed E-state index contributed by atoms with van der Waals surface area (Å²) in [6.45, 7) is 24.1. The lowest BCUT2D eigenvalue weighted by Gasteiger charge is -2.37. The Morgan fingerprint density at radius 1 is 1.12 bits per heavy atom. The number of piperidine rings is 1. The van der Waals surface area contributed by atoms with Crippen LogP contribution < -0.4 is 16.4 Å². The monoisotopic (exact) mass is 818 g/mol. The highest BCUT2D eigenvalue weighted by molar-refractivity contribution is 7.09. The Bertz CT molecular complexity index is 1380. The SMILES string of the molecule is CC1CCN[C@@H](CO)C1.CCCCCCN(C(=O)C[C@@H](C)CC)C(CC(OCC)c1nc(C(=O)NC(Cc2ccc(N)cc2)CC(C)(C)C)cs1)C(C)C.O=CO. The van der Waals surface area contributed by atoms with E-state index in [9.17, 15) is 9.59 Å². The fourth-order valence-corrected chi connectivity index (χ4v) is 8.03. The first-order chi connectivity index (χ1) is 27.0. The first-order valence-electron chi connectivity index (χ1n) is 21.5. The molecule has 0 saturated carbocycles. The summed E-state index contributed by atoms with van der Waals surface area (Å²) < 4.78 is 6.28. The predicted molar refractivity (Wildman–Crippen MR) is 236 cm³/mol. The molecule has 6 N–H and O–H groups in total. The molecule has 1 aromatic carbocycles. The summed E-state index contributed by atoms with van der Waals surface area (Å²) in [5, 5.41) is 24.8. The number of benzene rings is 1. The number of unbranched alkanes of at least 4 members (excludes halogenated alkanes) is 3. The largest absolute Gasteiger partial charge is 0.483 e. The molecule has 6 atom stereocenters. The van der Waals surface area contributed by atoms with Gasteiger partial charge in [-0.25, -0.2) is 4.98 Å². The zero-order valence-corrected chi connectivity index (χ0v) is 37.8. The van der Waals surface area contributed by atoms with Crippen molar-refractivity contribution in [3.8, 4) is 0 Å². The number of carboxylic acid groups (broad SMARTS) is 1. The van der Waals surface area contributed by atoms with Gasteiger partial charge >= 0.3 is 0 Å². The minimum absolute atomic E-state index is 0.0250. The van der Waals surface area contributed by atoms with E-state index >= 15 is 0 Å².